The van der Waals surface area contributed by atoms with Crippen molar-refractivity contribution < 1.29 is 13.2 Å². The standard InChI is InChI=1S/C18H23NO3S/c1-4-18(16-9-11-17(22-3)12-10-16)19-23(20,21)13-15-7-5-14(2)6-8-15/h5-12,18-19H,4,13H2,1-3H3. The third kappa shape index (κ3) is 5.08. The molecule has 0 saturated heterocycles. The Morgan fingerprint density at radius 2 is 1.65 bits per heavy atom. The maximum absolute atomic E-state index is 12.4. The van der Waals surface area contributed by atoms with E-state index in [9.17, 15) is 8.42 Å². The van der Waals surface area contributed by atoms with E-state index in [1.165, 1.54) is 0 Å². The Balaban J connectivity index is 2.10. The van der Waals surface area contributed by atoms with Gasteiger partial charge < -0.3 is 4.74 Å². The molecule has 4 nitrogen and oxygen atoms in total. The fourth-order valence-corrected chi connectivity index (χ4v) is 3.84. The fraction of sp³-hybridized carbons (Fsp3) is 0.333. The predicted molar refractivity (Wildman–Crippen MR) is 93.0 cm³/mol. The van der Waals surface area contributed by atoms with E-state index in [1.807, 2.05) is 62.4 Å². The average molecular weight is 333 g/mol. The van der Waals surface area contributed by atoms with Crippen LogP contribution >= 0.6 is 0 Å². The molecule has 0 aliphatic heterocycles. The van der Waals surface area contributed by atoms with Gasteiger partial charge in [-0.2, -0.15) is 0 Å². The molecule has 1 unspecified atom stereocenters. The summed E-state index contributed by atoms with van der Waals surface area (Å²) in [6, 6.07) is 14.8. The van der Waals surface area contributed by atoms with Gasteiger partial charge in [-0.1, -0.05) is 48.9 Å². The molecule has 2 aromatic carbocycles. The van der Waals surface area contributed by atoms with E-state index in [0.717, 1.165) is 22.4 Å². The Morgan fingerprint density at radius 3 is 2.17 bits per heavy atom. The second-order valence-corrected chi connectivity index (χ2v) is 7.35. The summed E-state index contributed by atoms with van der Waals surface area (Å²) in [6.07, 6.45) is 0.680. The zero-order chi connectivity index (χ0) is 16.9. The molecule has 23 heavy (non-hydrogen) atoms. The van der Waals surface area contributed by atoms with Crippen molar-refractivity contribution in [1.29, 1.82) is 0 Å². The van der Waals surface area contributed by atoms with Gasteiger partial charge in [-0.25, -0.2) is 13.1 Å². The van der Waals surface area contributed by atoms with E-state index in [4.69, 9.17) is 4.74 Å². The summed E-state index contributed by atoms with van der Waals surface area (Å²) < 4.78 is 32.8. The minimum atomic E-state index is -3.40. The molecule has 0 aromatic heterocycles. The van der Waals surface area contributed by atoms with Crippen LogP contribution in [0.3, 0.4) is 0 Å². The molecular weight excluding hydrogens is 310 g/mol. The summed E-state index contributed by atoms with van der Waals surface area (Å²) in [7, 11) is -1.80. The van der Waals surface area contributed by atoms with Gasteiger partial charge in [0.1, 0.15) is 5.75 Å². The van der Waals surface area contributed by atoms with Gasteiger partial charge in [0.15, 0.2) is 0 Å². The van der Waals surface area contributed by atoms with E-state index in [1.54, 1.807) is 7.11 Å². The Morgan fingerprint density at radius 1 is 1.04 bits per heavy atom. The molecule has 2 aromatic rings. The van der Waals surface area contributed by atoms with Gasteiger partial charge in [0, 0.05) is 6.04 Å². The highest BCUT2D eigenvalue weighted by Gasteiger charge is 2.18. The van der Waals surface area contributed by atoms with Crippen LogP contribution in [-0.4, -0.2) is 15.5 Å². The lowest BCUT2D eigenvalue weighted by Crippen LogP contribution is -2.29. The third-order valence-electron chi connectivity index (χ3n) is 3.73. The first-order valence-corrected chi connectivity index (χ1v) is 9.28. The maximum atomic E-state index is 12.4. The molecule has 124 valence electrons. The molecule has 0 fully saturated rings. The molecule has 1 N–H and O–H groups in total. The molecular formula is C18H23NO3S. The fourth-order valence-electron chi connectivity index (χ4n) is 2.39. The topological polar surface area (TPSA) is 55.4 Å². The van der Waals surface area contributed by atoms with Crippen LogP contribution in [-0.2, 0) is 15.8 Å². The summed E-state index contributed by atoms with van der Waals surface area (Å²) in [4.78, 5) is 0. The molecule has 0 aliphatic carbocycles. The lowest BCUT2D eigenvalue weighted by Gasteiger charge is -2.18. The molecule has 0 aliphatic rings. The number of methoxy groups -OCH3 is 1. The van der Waals surface area contributed by atoms with E-state index in [2.05, 4.69) is 4.72 Å². The lowest BCUT2D eigenvalue weighted by atomic mass is 10.1. The lowest BCUT2D eigenvalue weighted by molar-refractivity contribution is 0.414. The highest BCUT2D eigenvalue weighted by Crippen LogP contribution is 2.21. The first-order valence-electron chi connectivity index (χ1n) is 7.63. The second kappa shape index (κ2) is 7.62. The monoisotopic (exact) mass is 333 g/mol. The van der Waals surface area contributed by atoms with Crippen molar-refractivity contribution in [1.82, 2.24) is 4.72 Å². The first kappa shape index (κ1) is 17.5. The SMILES string of the molecule is CCC(NS(=O)(=O)Cc1ccc(C)cc1)c1ccc(OC)cc1. The number of hydrogen-bond acceptors (Lipinski definition) is 3. The van der Waals surface area contributed by atoms with Crippen LogP contribution in [0.2, 0.25) is 0 Å². The Bertz CT molecular complexity index is 722. The highest BCUT2D eigenvalue weighted by atomic mass is 32.2. The second-order valence-electron chi connectivity index (χ2n) is 5.60. The number of nitrogens with one attached hydrogen (secondary N) is 1. The van der Waals surface area contributed by atoms with Gasteiger partial charge in [-0.05, 0) is 36.6 Å². The Labute approximate surface area is 138 Å². The quantitative estimate of drug-likeness (QED) is 0.843. The van der Waals surface area contributed by atoms with E-state index in [0.29, 0.717) is 6.42 Å². The van der Waals surface area contributed by atoms with E-state index >= 15 is 0 Å². The molecule has 0 radical (unpaired) electrons. The van der Waals surface area contributed by atoms with Gasteiger partial charge in [0.25, 0.3) is 0 Å². The maximum Gasteiger partial charge on any atom is 0.216 e. The molecule has 5 heteroatoms. The normalized spacial score (nSPS) is 12.8. The minimum absolute atomic E-state index is 0.0140. The number of ether oxygens (including phenoxy) is 1. The number of benzene rings is 2. The van der Waals surface area contributed by atoms with Crippen LogP contribution in [0.5, 0.6) is 5.75 Å². The largest absolute Gasteiger partial charge is 0.497 e. The predicted octanol–water partition coefficient (Wildman–Crippen LogP) is 3.57. The molecule has 0 spiro atoms. The zero-order valence-corrected chi connectivity index (χ0v) is 14.6. The number of rotatable bonds is 7. The van der Waals surface area contributed by atoms with Crippen molar-refractivity contribution in [2.75, 3.05) is 7.11 Å². The van der Waals surface area contributed by atoms with Crippen LogP contribution in [0, 0.1) is 6.92 Å². The summed E-state index contributed by atoms with van der Waals surface area (Å²) >= 11 is 0. The van der Waals surface area contributed by atoms with Crippen LogP contribution in [0.4, 0.5) is 0 Å². The number of hydrogen-bond donors (Lipinski definition) is 1. The van der Waals surface area contributed by atoms with Crippen molar-refractivity contribution in [2.24, 2.45) is 0 Å². The van der Waals surface area contributed by atoms with Gasteiger partial charge >= 0.3 is 0 Å². The summed E-state index contributed by atoms with van der Waals surface area (Å²) in [5.74, 6) is 0.742. The Hall–Kier alpha value is -1.85. The molecule has 1 atom stereocenters. The first-order chi connectivity index (χ1) is 10.9. The van der Waals surface area contributed by atoms with Crippen LogP contribution < -0.4 is 9.46 Å². The molecule has 0 saturated carbocycles. The van der Waals surface area contributed by atoms with Crippen molar-refractivity contribution in [2.45, 2.75) is 32.1 Å². The minimum Gasteiger partial charge on any atom is -0.497 e. The zero-order valence-electron chi connectivity index (χ0n) is 13.7. The molecule has 2 rings (SSSR count). The van der Waals surface area contributed by atoms with Crippen molar-refractivity contribution >= 4 is 10.0 Å². The molecule has 0 bridgehead atoms. The summed E-state index contributed by atoms with van der Waals surface area (Å²) in [5, 5.41) is 0. The molecule has 0 heterocycles. The Kier molecular flexibility index (Phi) is 5.80. The van der Waals surface area contributed by atoms with Crippen LogP contribution in [0.15, 0.2) is 48.5 Å². The van der Waals surface area contributed by atoms with Crippen molar-refractivity contribution in [3.05, 3.63) is 65.2 Å². The van der Waals surface area contributed by atoms with Gasteiger partial charge in [0.05, 0.1) is 12.9 Å². The van der Waals surface area contributed by atoms with Crippen LogP contribution in [0.25, 0.3) is 0 Å². The van der Waals surface area contributed by atoms with Gasteiger partial charge in [0.2, 0.25) is 10.0 Å². The van der Waals surface area contributed by atoms with Crippen LogP contribution in [0.1, 0.15) is 36.1 Å². The molecule has 0 amide bonds. The van der Waals surface area contributed by atoms with E-state index in [-0.39, 0.29) is 11.8 Å². The summed E-state index contributed by atoms with van der Waals surface area (Å²) in [6.45, 7) is 3.94. The van der Waals surface area contributed by atoms with Gasteiger partial charge in [-0.3, -0.25) is 0 Å². The van der Waals surface area contributed by atoms with Gasteiger partial charge in [-0.15, -0.1) is 0 Å². The highest BCUT2D eigenvalue weighted by molar-refractivity contribution is 7.88. The van der Waals surface area contributed by atoms with Crippen molar-refractivity contribution in [3.8, 4) is 5.75 Å². The number of sulfonamides is 1. The summed E-state index contributed by atoms with van der Waals surface area (Å²) in [5.41, 5.74) is 2.83. The smallest absolute Gasteiger partial charge is 0.216 e. The number of aryl methyl sites for hydroxylation is 1. The van der Waals surface area contributed by atoms with E-state index < -0.39 is 10.0 Å². The third-order valence-corrected chi connectivity index (χ3v) is 5.08. The van der Waals surface area contributed by atoms with Crippen molar-refractivity contribution in [3.63, 3.8) is 0 Å². The average Bonchev–Trinajstić information content (AvgIpc) is 2.55.